The van der Waals surface area contributed by atoms with Gasteiger partial charge in [-0.05, 0) is 11.5 Å². The lowest BCUT2D eigenvalue weighted by Gasteiger charge is -2.21. The van der Waals surface area contributed by atoms with Crippen molar-refractivity contribution < 1.29 is 4.79 Å². The van der Waals surface area contributed by atoms with Gasteiger partial charge in [0.25, 0.3) is 0 Å². The summed E-state index contributed by atoms with van der Waals surface area (Å²) < 4.78 is 0. The summed E-state index contributed by atoms with van der Waals surface area (Å²) in [5.74, 6) is 0.735. The molecular formula is C13H21ClN2O. The fourth-order valence-electron chi connectivity index (χ4n) is 1.73. The van der Waals surface area contributed by atoms with Gasteiger partial charge in [0.15, 0.2) is 0 Å². The molecule has 0 heterocycles. The molecule has 0 radical (unpaired) electrons. The van der Waals surface area contributed by atoms with Gasteiger partial charge in [0.1, 0.15) is 0 Å². The summed E-state index contributed by atoms with van der Waals surface area (Å²) in [6, 6.07) is 10.2. The Morgan fingerprint density at radius 3 is 2.35 bits per heavy atom. The second-order valence-electron chi connectivity index (χ2n) is 4.27. The number of benzene rings is 1. The van der Waals surface area contributed by atoms with E-state index in [2.05, 4.69) is 31.3 Å². The summed E-state index contributed by atoms with van der Waals surface area (Å²) in [7, 11) is 0. The first kappa shape index (κ1) is 15.9. The zero-order valence-corrected chi connectivity index (χ0v) is 11.2. The van der Waals surface area contributed by atoms with Gasteiger partial charge in [-0.15, -0.1) is 12.4 Å². The topological polar surface area (TPSA) is 55.1 Å². The number of carbonyl (C=O) groups excluding carboxylic acids is 1. The molecule has 0 aliphatic heterocycles. The van der Waals surface area contributed by atoms with Crippen LogP contribution in [0.1, 0.15) is 25.3 Å². The first-order valence-corrected chi connectivity index (χ1v) is 5.67. The summed E-state index contributed by atoms with van der Waals surface area (Å²) in [4.78, 5) is 11.1. The highest BCUT2D eigenvalue weighted by Gasteiger charge is 2.15. The Kier molecular flexibility index (Phi) is 7.59. The van der Waals surface area contributed by atoms with E-state index in [0.717, 1.165) is 0 Å². The summed E-state index contributed by atoms with van der Waals surface area (Å²) in [6.07, 6.45) is 0. The van der Waals surface area contributed by atoms with Crippen molar-refractivity contribution in [2.45, 2.75) is 19.8 Å². The monoisotopic (exact) mass is 256 g/mol. The second-order valence-corrected chi connectivity index (χ2v) is 4.27. The lowest BCUT2D eigenvalue weighted by molar-refractivity contribution is -0.119. The summed E-state index contributed by atoms with van der Waals surface area (Å²) >= 11 is 0. The Morgan fingerprint density at radius 2 is 1.88 bits per heavy atom. The van der Waals surface area contributed by atoms with Gasteiger partial charge in [0.2, 0.25) is 5.91 Å². The number of nitrogens with one attached hydrogen (secondary N) is 1. The zero-order valence-electron chi connectivity index (χ0n) is 10.3. The fourth-order valence-corrected chi connectivity index (χ4v) is 1.73. The van der Waals surface area contributed by atoms with Crippen LogP contribution < -0.4 is 11.1 Å². The second kappa shape index (κ2) is 8.09. The SMILES string of the molecule is CC(C)C(CNC(=O)CN)c1ccccc1.Cl. The maximum absolute atomic E-state index is 11.1. The minimum Gasteiger partial charge on any atom is -0.354 e. The van der Waals surface area contributed by atoms with Crippen molar-refractivity contribution in [3.05, 3.63) is 35.9 Å². The highest BCUT2D eigenvalue weighted by molar-refractivity contribution is 5.85. The molecule has 96 valence electrons. The van der Waals surface area contributed by atoms with Crippen molar-refractivity contribution in [1.82, 2.24) is 5.32 Å². The number of carbonyl (C=O) groups is 1. The van der Waals surface area contributed by atoms with Crippen molar-refractivity contribution in [1.29, 1.82) is 0 Å². The number of hydrogen-bond donors (Lipinski definition) is 2. The Balaban J connectivity index is 0.00000256. The average Bonchev–Trinajstić information content (AvgIpc) is 2.30. The summed E-state index contributed by atoms with van der Waals surface area (Å²) in [5.41, 5.74) is 6.52. The van der Waals surface area contributed by atoms with Gasteiger partial charge in [-0.3, -0.25) is 4.79 Å². The Labute approximate surface area is 109 Å². The van der Waals surface area contributed by atoms with E-state index in [1.165, 1.54) is 5.56 Å². The number of nitrogens with two attached hydrogens (primary N) is 1. The average molecular weight is 257 g/mol. The van der Waals surface area contributed by atoms with Crippen LogP contribution >= 0.6 is 12.4 Å². The van der Waals surface area contributed by atoms with Crippen LogP contribution in [0.2, 0.25) is 0 Å². The van der Waals surface area contributed by atoms with Crippen LogP contribution in [0.3, 0.4) is 0 Å². The fraction of sp³-hybridized carbons (Fsp3) is 0.462. The van der Waals surface area contributed by atoms with Crippen LogP contribution in [0.25, 0.3) is 0 Å². The molecule has 3 nitrogen and oxygen atoms in total. The molecule has 0 bridgehead atoms. The minimum absolute atomic E-state index is 0. The van der Waals surface area contributed by atoms with Gasteiger partial charge in [0, 0.05) is 12.5 Å². The van der Waals surface area contributed by atoms with Gasteiger partial charge >= 0.3 is 0 Å². The molecule has 3 N–H and O–H groups in total. The van der Waals surface area contributed by atoms with Gasteiger partial charge in [-0.2, -0.15) is 0 Å². The van der Waals surface area contributed by atoms with Gasteiger partial charge in [0.05, 0.1) is 6.54 Å². The molecule has 4 heteroatoms. The van der Waals surface area contributed by atoms with Gasteiger partial charge in [-0.1, -0.05) is 44.2 Å². The van der Waals surface area contributed by atoms with Crippen LogP contribution in [0, 0.1) is 5.92 Å². The van der Waals surface area contributed by atoms with Crippen LogP contribution in [0.5, 0.6) is 0 Å². The zero-order chi connectivity index (χ0) is 12.0. The van der Waals surface area contributed by atoms with Crippen molar-refractivity contribution in [2.75, 3.05) is 13.1 Å². The van der Waals surface area contributed by atoms with Crippen LogP contribution in [0.15, 0.2) is 30.3 Å². The third-order valence-electron chi connectivity index (χ3n) is 2.74. The van der Waals surface area contributed by atoms with Gasteiger partial charge in [-0.25, -0.2) is 0 Å². The Morgan fingerprint density at radius 1 is 1.29 bits per heavy atom. The smallest absolute Gasteiger partial charge is 0.233 e. The molecule has 0 saturated carbocycles. The van der Waals surface area contributed by atoms with Crippen LogP contribution in [0.4, 0.5) is 0 Å². The molecule has 1 aromatic carbocycles. The molecule has 0 aromatic heterocycles. The van der Waals surface area contributed by atoms with Crippen molar-refractivity contribution in [3.8, 4) is 0 Å². The normalized spacial score (nSPS) is 11.8. The molecule has 1 aromatic rings. The molecule has 17 heavy (non-hydrogen) atoms. The maximum atomic E-state index is 11.1. The number of rotatable bonds is 5. The maximum Gasteiger partial charge on any atom is 0.233 e. The van der Waals surface area contributed by atoms with E-state index >= 15 is 0 Å². The lowest BCUT2D eigenvalue weighted by atomic mass is 9.88. The van der Waals surface area contributed by atoms with E-state index in [0.29, 0.717) is 18.4 Å². The first-order chi connectivity index (χ1) is 7.65. The van der Waals surface area contributed by atoms with Crippen molar-refractivity contribution in [3.63, 3.8) is 0 Å². The molecule has 0 saturated heterocycles. The van der Waals surface area contributed by atoms with E-state index in [4.69, 9.17) is 5.73 Å². The quantitative estimate of drug-likeness (QED) is 0.846. The molecule has 1 rings (SSSR count). The highest BCUT2D eigenvalue weighted by atomic mass is 35.5. The molecule has 1 amide bonds. The van der Waals surface area contributed by atoms with Crippen molar-refractivity contribution in [2.24, 2.45) is 11.7 Å². The molecule has 0 aliphatic carbocycles. The molecule has 1 atom stereocenters. The van der Waals surface area contributed by atoms with Crippen molar-refractivity contribution >= 4 is 18.3 Å². The van der Waals surface area contributed by atoms with Gasteiger partial charge < -0.3 is 11.1 Å². The standard InChI is InChI=1S/C13H20N2O.ClH/c1-10(2)12(9-15-13(16)8-14)11-6-4-3-5-7-11;/h3-7,10,12H,8-9,14H2,1-2H3,(H,15,16);1H. The van der Waals surface area contributed by atoms with Crippen LogP contribution in [-0.4, -0.2) is 19.0 Å². The molecule has 0 spiro atoms. The number of hydrogen-bond acceptors (Lipinski definition) is 2. The Hall–Kier alpha value is -1.06. The number of amides is 1. The molecule has 1 unspecified atom stereocenters. The minimum atomic E-state index is -0.0958. The Bertz CT molecular complexity index is 327. The van der Waals surface area contributed by atoms with Crippen LogP contribution in [-0.2, 0) is 4.79 Å². The number of halogens is 1. The molecule has 0 aliphatic rings. The highest BCUT2D eigenvalue weighted by Crippen LogP contribution is 2.23. The van der Waals surface area contributed by atoms with E-state index in [9.17, 15) is 4.79 Å². The van der Waals surface area contributed by atoms with E-state index in [1.807, 2.05) is 18.2 Å². The molecule has 0 fully saturated rings. The largest absolute Gasteiger partial charge is 0.354 e. The third-order valence-corrected chi connectivity index (χ3v) is 2.74. The van der Waals surface area contributed by atoms with E-state index in [-0.39, 0.29) is 24.9 Å². The lowest BCUT2D eigenvalue weighted by Crippen LogP contribution is -2.34. The summed E-state index contributed by atoms with van der Waals surface area (Å²) in [6.45, 7) is 5.02. The first-order valence-electron chi connectivity index (χ1n) is 5.67. The predicted molar refractivity (Wildman–Crippen MR) is 73.3 cm³/mol. The van der Waals surface area contributed by atoms with E-state index in [1.54, 1.807) is 0 Å². The van der Waals surface area contributed by atoms with E-state index < -0.39 is 0 Å². The predicted octanol–water partition coefficient (Wildman–Crippen LogP) is 1.92. The third kappa shape index (κ3) is 5.20. The summed E-state index contributed by atoms with van der Waals surface area (Å²) in [5, 5.41) is 2.85. The molecular weight excluding hydrogens is 236 g/mol.